The Bertz CT molecular complexity index is 1000. The lowest BCUT2D eigenvalue weighted by atomic mass is 9.98. The van der Waals surface area contributed by atoms with Crippen molar-refractivity contribution in [1.29, 1.82) is 0 Å². The Morgan fingerprint density at radius 1 is 1.03 bits per heavy atom. The number of nitrogens with one attached hydrogen (secondary N) is 2. The van der Waals surface area contributed by atoms with E-state index in [1.165, 1.54) is 0 Å². The summed E-state index contributed by atoms with van der Waals surface area (Å²) in [6.45, 7) is 4.70. The number of aliphatic carboxylic acids is 1. The van der Waals surface area contributed by atoms with Crippen molar-refractivity contribution in [3.05, 3.63) is 59.7 Å². The number of thioether (sulfide) groups is 1. The van der Waals surface area contributed by atoms with Crippen molar-refractivity contribution < 1.29 is 24.2 Å². The van der Waals surface area contributed by atoms with Gasteiger partial charge in [0, 0.05) is 23.6 Å². The summed E-state index contributed by atoms with van der Waals surface area (Å²) in [5.74, 6) is -1.53. The van der Waals surface area contributed by atoms with E-state index in [9.17, 15) is 14.4 Å². The first-order valence-electron chi connectivity index (χ1n) is 12.0. The van der Waals surface area contributed by atoms with Crippen molar-refractivity contribution in [1.82, 2.24) is 10.6 Å². The number of amides is 2. The number of fused-ring (bicyclic) bond motifs is 3. The van der Waals surface area contributed by atoms with Crippen LogP contribution < -0.4 is 10.6 Å². The monoisotopic (exact) mass is 498 g/mol. The maximum absolute atomic E-state index is 12.9. The number of rotatable bonds is 12. The molecule has 2 amide bonds. The Labute approximate surface area is 211 Å². The molecule has 1 atom stereocenters. The van der Waals surface area contributed by atoms with Crippen LogP contribution in [0, 0.1) is 0 Å². The predicted molar refractivity (Wildman–Crippen MR) is 139 cm³/mol. The van der Waals surface area contributed by atoms with Gasteiger partial charge in [0.1, 0.15) is 12.6 Å². The van der Waals surface area contributed by atoms with Crippen LogP contribution in [0.15, 0.2) is 48.5 Å². The molecule has 0 saturated heterocycles. The average Bonchev–Trinajstić information content (AvgIpc) is 3.20. The van der Waals surface area contributed by atoms with Crippen LogP contribution in [0.5, 0.6) is 0 Å². The van der Waals surface area contributed by atoms with Crippen LogP contribution in [0.3, 0.4) is 0 Å². The van der Waals surface area contributed by atoms with E-state index in [2.05, 4.69) is 36.6 Å². The summed E-state index contributed by atoms with van der Waals surface area (Å²) in [6.07, 6.45) is 2.78. The zero-order chi connectivity index (χ0) is 25.4. The number of carboxylic acid groups (broad SMARTS) is 1. The zero-order valence-corrected chi connectivity index (χ0v) is 21.3. The number of alkyl carbamates (subject to hydrolysis) is 1. The van der Waals surface area contributed by atoms with Gasteiger partial charge in [-0.2, -0.15) is 11.8 Å². The fraction of sp³-hybridized carbons (Fsp3) is 0.444. The van der Waals surface area contributed by atoms with Crippen molar-refractivity contribution >= 4 is 29.7 Å². The zero-order valence-electron chi connectivity index (χ0n) is 20.5. The smallest absolute Gasteiger partial charge is 0.407 e. The summed E-state index contributed by atoms with van der Waals surface area (Å²) in [6, 6.07) is 15.1. The van der Waals surface area contributed by atoms with Gasteiger partial charge in [0.25, 0.3) is 0 Å². The van der Waals surface area contributed by atoms with E-state index in [0.717, 1.165) is 35.1 Å². The highest BCUT2D eigenvalue weighted by atomic mass is 32.2. The topological polar surface area (TPSA) is 105 Å². The lowest BCUT2D eigenvalue weighted by molar-refractivity contribution is -0.137. The number of hydrogen-bond acceptors (Lipinski definition) is 5. The van der Waals surface area contributed by atoms with Crippen LogP contribution in [-0.2, 0) is 14.3 Å². The molecule has 188 valence electrons. The molecule has 3 rings (SSSR count). The molecule has 1 aliphatic rings. The second-order valence-corrected chi connectivity index (χ2v) is 10.0. The first kappa shape index (κ1) is 26.6. The molecule has 0 radical (unpaired) electrons. The highest BCUT2D eigenvalue weighted by Crippen LogP contribution is 2.44. The van der Waals surface area contributed by atoms with Crippen molar-refractivity contribution in [2.24, 2.45) is 0 Å². The minimum Gasteiger partial charge on any atom is -0.481 e. The summed E-state index contributed by atoms with van der Waals surface area (Å²) in [4.78, 5) is 36.7. The van der Waals surface area contributed by atoms with Gasteiger partial charge >= 0.3 is 12.1 Å². The summed E-state index contributed by atoms with van der Waals surface area (Å²) in [5, 5.41) is 14.6. The molecule has 7 nitrogen and oxygen atoms in total. The molecule has 0 aliphatic heterocycles. The lowest BCUT2D eigenvalue weighted by Crippen LogP contribution is -2.50. The Balaban J connectivity index is 1.65. The van der Waals surface area contributed by atoms with Crippen molar-refractivity contribution in [2.75, 3.05) is 19.4 Å². The van der Waals surface area contributed by atoms with E-state index in [4.69, 9.17) is 9.84 Å². The Morgan fingerprint density at radius 3 is 2.11 bits per heavy atom. The van der Waals surface area contributed by atoms with Gasteiger partial charge in [0.2, 0.25) is 5.91 Å². The molecule has 8 heteroatoms. The summed E-state index contributed by atoms with van der Waals surface area (Å²) >= 11 is 1.69. The molecule has 3 N–H and O–H groups in total. The fourth-order valence-corrected chi connectivity index (χ4v) is 5.35. The highest BCUT2D eigenvalue weighted by molar-refractivity contribution is 8.00. The first-order chi connectivity index (χ1) is 16.8. The number of carbonyl (C=O) groups is 3. The van der Waals surface area contributed by atoms with Gasteiger partial charge in [-0.05, 0) is 47.8 Å². The number of benzene rings is 2. The van der Waals surface area contributed by atoms with Crippen LogP contribution in [0.1, 0.15) is 56.6 Å². The maximum Gasteiger partial charge on any atom is 0.407 e. The van der Waals surface area contributed by atoms with Crippen molar-refractivity contribution in [3.63, 3.8) is 0 Å². The quantitative estimate of drug-likeness (QED) is 0.388. The Hall–Kier alpha value is -3.00. The molecule has 1 aliphatic carbocycles. The van der Waals surface area contributed by atoms with Crippen LogP contribution in [-0.4, -0.2) is 53.3 Å². The molecule has 0 fully saturated rings. The number of ether oxygens (including phenoxy) is 1. The van der Waals surface area contributed by atoms with Crippen LogP contribution in [0.25, 0.3) is 11.1 Å². The number of carboxylic acids is 1. The van der Waals surface area contributed by atoms with Crippen molar-refractivity contribution in [2.45, 2.75) is 56.2 Å². The molecule has 0 spiro atoms. The Morgan fingerprint density at radius 2 is 1.60 bits per heavy atom. The average molecular weight is 499 g/mol. The Kier molecular flexibility index (Phi) is 9.20. The van der Waals surface area contributed by atoms with Gasteiger partial charge in [0.15, 0.2) is 0 Å². The standard InChI is InChI=1S/C27H34N2O5S/c1-4-27(5-2,35-3)17-28-25(32)23(14-15-24(30)31)29-26(33)34-16-22-20-12-8-6-10-18(20)19-11-7-9-13-21(19)22/h6-13,22-23H,4-5,14-17H2,1-3H3,(H,28,32)(H,29,33)(H,30,31). The SMILES string of the molecule is CCC(CC)(CNC(=O)C(CCC(=O)O)NC(=O)OCC1c2ccccc2-c2ccccc21)SC. The van der Waals surface area contributed by atoms with Crippen LogP contribution in [0.2, 0.25) is 0 Å². The van der Waals surface area contributed by atoms with Gasteiger partial charge < -0.3 is 20.5 Å². The maximum atomic E-state index is 12.9. The first-order valence-corrected chi connectivity index (χ1v) is 13.2. The number of carbonyl (C=O) groups excluding carboxylic acids is 2. The molecule has 2 aromatic carbocycles. The van der Waals surface area contributed by atoms with E-state index in [1.807, 2.05) is 42.7 Å². The van der Waals surface area contributed by atoms with Gasteiger partial charge in [-0.1, -0.05) is 62.4 Å². The van der Waals surface area contributed by atoms with Gasteiger partial charge in [-0.25, -0.2) is 4.79 Å². The van der Waals surface area contributed by atoms with Crippen LogP contribution >= 0.6 is 11.8 Å². The summed E-state index contributed by atoms with van der Waals surface area (Å²) in [5.41, 5.74) is 4.43. The van der Waals surface area contributed by atoms with E-state index in [1.54, 1.807) is 11.8 Å². The van der Waals surface area contributed by atoms with Crippen LogP contribution in [0.4, 0.5) is 4.79 Å². The van der Waals surface area contributed by atoms with Gasteiger partial charge in [-0.15, -0.1) is 0 Å². The summed E-state index contributed by atoms with van der Waals surface area (Å²) in [7, 11) is 0. The highest BCUT2D eigenvalue weighted by Gasteiger charge is 2.31. The third kappa shape index (κ3) is 6.36. The minimum absolute atomic E-state index is 0.0180. The molecule has 0 saturated carbocycles. The molecule has 0 bridgehead atoms. The molecule has 0 heterocycles. The second-order valence-electron chi connectivity index (χ2n) is 8.77. The van der Waals surface area contributed by atoms with Crippen molar-refractivity contribution in [3.8, 4) is 11.1 Å². The predicted octanol–water partition coefficient (Wildman–Crippen LogP) is 4.80. The molecular weight excluding hydrogens is 464 g/mol. The van der Waals surface area contributed by atoms with Gasteiger partial charge in [-0.3, -0.25) is 9.59 Å². The molecule has 2 aromatic rings. The van der Waals surface area contributed by atoms with Gasteiger partial charge in [0.05, 0.1) is 0 Å². The van der Waals surface area contributed by atoms with E-state index < -0.39 is 24.0 Å². The summed E-state index contributed by atoms with van der Waals surface area (Å²) < 4.78 is 5.45. The second kappa shape index (κ2) is 12.1. The van der Waals surface area contributed by atoms with E-state index in [0.29, 0.717) is 6.54 Å². The lowest BCUT2D eigenvalue weighted by Gasteiger charge is -2.30. The third-order valence-electron chi connectivity index (χ3n) is 6.91. The van der Waals surface area contributed by atoms with E-state index >= 15 is 0 Å². The fourth-order valence-electron chi connectivity index (χ4n) is 4.55. The largest absolute Gasteiger partial charge is 0.481 e. The molecule has 1 unspecified atom stereocenters. The third-order valence-corrected chi connectivity index (χ3v) is 8.49. The molecular formula is C27H34N2O5S. The van der Waals surface area contributed by atoms with E-state index in [-0.39, 0.29) is 30.1 Å². The normalized spacial score (nSPS) is 13.5. The molecule has 35 heavy (non-hydrogen) atoms. The number of hydrogen-bond donors (Lipinski definition) is 3. The minimum atomic E-state index is -1.03. The molecule has 0 aromatic heterocycles.